The van der Waals surface area contributed by atoms with Crippen molar-refractivity contribution in [1.82, 2.24) is 0 Å². The number of halogens is 5. The van der Waals surface area contributed by atoms with Gasteiger partial charge < -0.3 is 5.32 Å². The lowest BCUT2D eigenvalue weighted by atomic mass is 10.1. The van der Waals surface area contributed by atoms with Gasteiger partial charge in [0.2, 0.25) is 5.82 Å². The highest BCUT2D eigenvalue weighted by Crippen LogP contribution is 2.32. The number of nitrogens with one attached hydrogen (secondary N) is 1. The van der Waals surface area contributed by atoms with Crippen molar-refractivity contribution in [3.05, 3.63) is 29.1 Å². The van der Waals surface area contributed by atoms with Gasteiger partial charge in [-0.3, -0.25) is 0 Å². The van der Waals surface area contributed by atoms with Crippen LogP contribution in [0.1, 0.15) is 26.2 Å². The van der Waals surface area contributed by atoms with Gasteiger partial charge in [0.1, 0.15) is 5.69 Å². The van der Waals surface area contributed by atoms with Crippen molar-refractivity contribution >= 4 is 5.69 Å². The van der Waals surface area contributed by atoms with E-state index < -0.39 is 34.8 Å². The molecule has 0 aliphatic heterocycles. The summed E-state index contributed by atoms with van der Waals surface area (Å²) in [5.74, 6) is -9.42. The molecule has 0 spiro atoms. The molecule has 2 atom stereocenters. The van der Waals surface area contributed by atoms with Crippen LogP contribution in [0.3, 0.4) is 0 Å². The molecule has 0 bridgehead atoms. The van der Waals surface area contributed by atoms with E-state index in [2.05, 4.69) is 5.32 Å². The molecule has 0 radical (unpaired) electrons. The molecule has 2 rings (SSSR count). The van der Waals surface area contributed by atoms with Crippen LogP contribution >= 0.6 is 0 Å². The molecule has 1 nitrogen and oxygen atoms in total. The van der Waals surface area contributed by atoms with Crippen LogP contribution in [0, 0.1) is 35.0 Å². The van der Waals surface area contributed by atoms with Crippen LogP contribution in [0.15, 0.2) is 0 Å². The van der Waals surface area contributed by atoms with Gasteiger partial charge in [-0.1, -0.05) is 13.3 Å². The van der Waals surface area contributed by atoms with Crippen molar-refractivity contribution in [2.24, 2.45) is 5.92 Å². The fraction of sp³-hybridized carbons (Fsp3) is 0.500. The van der Waals surface area contributed by atoms with Crippen molar-refractivity contribution < 1.29 is 22.0 Å². The van der Waals surface area contributed by atoms with E-state index in [4.69, 9.17) is 0 Å². The van der Waals surface area contributed by atoms with E-state index in [-0.39, 0.29) is 12.0 Å². The molecule has 1 aliphatic rings. The van der Waals surface area contributed by atoms with E-state index in [1.807, 2.05) is 6.92 Å². The van der Waals surface area contributed by atoms with Gasteiger partial charge in [-0.15, -0.1) is 0 Å². The number of hydrogen-bond acceptors (Lipinski definition) is 1. The minimum absolute atomic E-state index is 0.139. The van der Waals surface area contributed by atoms with Crippen molar-refractivity contribution in [1.29, 1.82) is 0 Å². The Labute approximate surface area is 101 Å². The van der Waals surface area contributed by atoms with Crippen molar-refractivity contribution in [2.45, 2.75) is 32.2 Å². The Balaban J connectivity index is 2.38. The van der Waals surface area contributed by atoms with Gasteiger partial charge in [-0.25, -0.2) is 22.0 Å². The normalized spacial score (nSPS) is 23.4. The second-order valence-electron chi connectivity index (χ2n) is 4.60. The standard InChI is InChI=1S/C12H12F5N/c1-5-3-2-4-6(5)18-12-10(16)8(14)7(13)9(15)11(12)17/h5-6,18H,2-4H2,1H3. The van der Waals surface area contributed by atoms with Gasteiger partial charge in [0.25, 0.3) is 0 Å². The highest BCUT2D eigenvalue weighted by atomic mass is 19.2. The lowest BCUT2D eigenvalue weighted by Gasteiger charge is -2.20. The van der Waals surface area contributed by atoms with E-state index in [1.165, 1.54) is 0 Å². The second-order valence-corrected chi connectivity index (χ2v) is 4.60. The van der Waals surface area contributed by atoms with E-state index in [1.54, 1.807) is 0 Å². The maximum absolute atomic E-state index is 13.4. The summed E-state index contributed by atoms with van der Waals surface area (Å²) in [5, 5.41) is 2.44. The van der Waals surface area contributed by atoms with E-state index in [0.29, 0.717) is 6.42 Å². The summed E-state index contributed by atoms with van der Waals surface area (Å²) in [6.07, 6.45) is 2.39. The predicted molar refractivity (Wildman–Crippen MR) is 56.7 cm³/mol. The molecule has 100 valence electrons. The zero-order chi connectivity index (χ0) is 13.4. The molecule has 1 fully saturated rings. The molecule has 0 heterocycles. The third-order valence-corrected chi connectivity index (χ3v) is 3.40. The van der Waals surface area contributed by atoms with E-state index in [0.717, 1.165) is 12.8 Å². The van der Waals surface area contributed by atoms with Gasteiger partial charge in [-0.2, -0.15) is 0 Å². The minimum Gasteiger partial charge on any atom is -0.377 e. The third kappa shape index (κ3) is 2.04. The average molecular weight is 265 g/mol. The average Bonchev–Trinajstić information content (AvgIpc) is 2.75. The minimum atomic E-state index is -2.13. The summed E-state index contributed by atoms with van der Waals surface area (Å²) in [6, 6.07) is -0.265. The maximum atomic E-state index is 13.4. The molecule has 0 aromatic heterocycles. The van der Waals surface area contributed by atoms with Gasteiger partial charge >= 0.3 is 0 Å². The van der Waals surface area contributed by atoms with Crippen molar-refractivity contribution in [3.63, 3.8) is 0 Å². The van der Waals surface area contributed by atoms with Gasteiger partial charge in [0.15, 0.2) is 23.3 Å². The number of hydrogen-bond donors (Lipinski definition) is 1. The van der Waals surface area contributed by atoms with Crippen LogP contribution in [0.4, 0.5) is 27.6 Å². The molecule has 2 unspecified atom stereocenters. The van der Waals surface area contributed by atoms with Gasteiger partial charge in [0.05, 0.1) is 0 Å². The largest absolute Gasteiger partial charge is 0.377 e. The van der Waals surface area contributed by atoms with Crippen molar-refractivity contribution in [2.75, 3.05) is 5.32 Å². The molecule has 1 aromatic rings. The Kier molecular flexibility index (Phi) is 3.45. The third-order valence-electron chi connectivity index (χ3n) is 3.40. The fourth-order valence-electron chi connectivity index (χ4n) is 2.28. The topological polar surface area (TPSA) is 12.0 Å². The first kappa shape index (κ1) is 13.1. The molecule has 0 amide bonds. The predicted octanol–water partition coefficient (Wildman–Crippen LogP) is 3.98. The lowest BCUT2D eigenvalue weighted by Crippen LogP contribution is -2.24. The number of rotatable bonds is 2. The Morgan fingerprint density at radius 3 is 1.78 bits per heavy atom. The first-order chi connectivity index (χ1) is 8.43. The summed E-state index contributed by atoms with van der Waals surface area (Å²) in [5.41, 5.74) is -0.926. The molecule has 6 heteroatoms. The van der Waals surface area contributed by atoms with Crippen LogP contribution in [-0.4, -0.2) is 6.04 Å². The molecule has 18 heavy (non-hydrogen) atoms. The Bertz CT molecular complexity index is 445. The summed E-state index contributed by atoms with van der Waals surface area (Å²) >= 11 is 0. The fourth-order valence-corrected chi connectivity index (χ4v) is 2.28. The molecule has 1 aromatic carbocycles. The highest BCUT2D eigenvalue weighted by molar-refractivity contribution is 5.48. The van der Waals surface area contributed by atoms with E-state index >= 15 is 0 Å². The lowest BCUT2D eigenvalue weighted by molar-refractivity contribution is 0.379. The first-order valence-electron chi connectivity index (χ1n) is 5.71. The Hall–Kier alpha value is -1.33. The Morgan fingerprint density at radius 1 is 0.833 bits per heavy atom. The number of benzene rings is 1. The molecule has 1 saturated carbocycles. The first-order valence-corrected chi connectivity index (χ1v) is 5.71. The SMILES string of the molecule is CC1CCCC1Nc1c(F)c(F)c(F)c(F)c1F. The van der Waals surface area contributed by atoms with Crippen LogP contribution in [0.25, 0.3) is 0 Å². The van der Waals surface area contributed by atoms with Gasteiger partial charge in [-0.05, 0) is 18.8 Å². The van der Waals surface area contributed by atoms with Crippen molar-refractivity contribution in [3.8, 4) is 0 Å². The van der Waals surface area contributed by atoms with Crippen LogP contribution in [0.2, 0.25) is 0 Å². The van der Waals surface area contributed by atoms with Gasteiger partial charge in [0, 0.05) is 6.04 Å². The Morgan fingerprint density at radius 2 is 1.33 bits per heavy atom. The second kappa shape index (κ2) is 4.74. The van der Waals surface area contributed by atoms with E-state index in [9.17, 15) is 22.0 Å². The monoisotopic (exact) mass is 265 g/mol. The van der Waals surface area contributed by atoms with Crippen LogP contribution in [0.5, 0.6) is 0 Å². The molecular weight excluding hydrogens is 253 g/mol. The molecule has 1 N–H and O–H groups in total. The molecule has 1 aliphatic carbocycles. The maximum Gasteiger partial charge on any atom is 0.200 e. The quantitative estimate of drug-likeness (QED) is 0.484. The summed E-state index contributed by atoms with van der Waals surface area (Å²) in [7, 11) is 0. The zero-order valence-corrected chi connectivity index (χ0v) is 9.67. The summed E-state index contributed by atoms with van der Waals surface area (Å²) in [4.78, 5) is 0. The molecule has 0 saturated heterocycles. The smallest absolute Gasteiger partial charge is 0.200 e. The van der Waals surface area contributed by atoms with Crippen LogP contribution < -0.4 is 5.32 Å². The highest BCUT2D eigenvalue weighted by Gasteiger charge is 2.30. The zero-order valence-electron chi connectivity index (χ0n) is 9.67. The molecular formula is C12H12F5N. The van der Waals surface area contributed by atoms with Crippen LogP contribution in [-0.2, 0) is 0 Å². The number of anilines is 1. The summed E-state index contributed by atoms with van der Waals surface area (Å²) < 4.78 is 65.6. The summed E-state index contributed by atoms with van der Waals surface area (Å²) in [6.45, 7) is 1.87.